The third-order valence-corrected chi connectivity index (χ3v) is 4.41. The maximum absolute atomic E-state index is 12.7. The van der Waals surface area contributed by atoms with E-state index in [-0.39, 0.29) is 29.3 Å². The van der Waals surface area contributed by atoms with Gasteiger partial charge in [0.25, 0.3) is 17.7 Å². The summed E-state index contributed by atoms with van der Waals surface area (Å²) in [6, 6.07) is 6.33. The molecule has 1 aromatic heterocycles. The molecule has 3 rings (SSSR count). The maximum Gasteiger partial charge on any atom is 0.338 e. The van der Waals surface area contributed by atoms with E-state index in [1.807, 2.05) is 0 Å². The minimum absolute atomic E-state index is 0.00831. The Morgan fingerprint density at radius 3 is 2.42 bits per heavy atom. The SMILES string of the molecule is CC(C)NC(=O)NC(=O)C(C)OC(=O)c1ccc2c(c1)C(=O)N(Cc1ccco1)C2=O. The first-order chi connectivity index (χ1) is 14.7. The van der Waals surface area contributed by atoms with Gasteiger partial charge in [0.1, 0.15) is 5.76 Å². The Hall–Kier alpha value is -3.95. The maximum atomic E-state index is 12.7. The summed E-state index contributed by atoms with van der Waals surface area (Å²) in [6.07, 6.45) is 0.178. The van der Waals surface area contributed by atoms with Gasteiger partial charge in [-0.1, -0.05) is 0 Å². The van der Waals surface area contributed by atoms with Gasteiger partial charge in [-0.15, -0.1) is 0 Å². The number of nitrogens with one attached hydrogen (secondary N) is 2. The zero-order valence-electron chi connectivity index (χ0n) is 17.1. The Balaban J connectivity index is 1.67. The van der Waals surface area contributed by atoms with Gasteiger partial charge in [0, 0.05) is 6.04 Å². The Morgan fingerprint density at radius 2 is 1.77 bits per heavy atom. The van der Waals surface area contributed by atoms with Gasteiger partial charge in [0.2, 0.25) is 0 Å². The van der Waals surface area contributed by atoms with Gasteiger partial charge in [-0.3, -0.25) is 24.6 Å². The second-order valence-electron chi connectivity index (χ2n) is 7.20. The van der Waals surface area contributed by atoms with E-state index >= 15 is 0 Å². The Bertz CT molecular complexity index is 1040. The Kier molecular flexibility index (Phi) is 6.19. The van der Waals surface area contributed by atoms with E-state index in [1.165, 1.54) is 31.4 Å². The molecule has 2 N–H and O–H groups in total. The number of carbonyl (C=O) groups is 5. The topological polar surface area (TPSA) is 135 Å². The molecule has 1 aliphatic rings. The van der Waals surface area contributed by atoms with Gasteiger partial charge in [-0.05, 0) is 51.1 Å². The number of fused-ring (bicyclic) bond motifs is 1. The normalized spacial score (nSPS) is 13.7. The predicted octanol–water partition coefficient (Wildman–Crippen LogP) is 1.86. The number of ether oxygens (including phenoxy) is 1. The lowest BCUT2D eigenvalue weighted by Gasteiger charge is -2.14. The first kappa shape index (κ1) is 21.8. The lowest BCUT2D eigenvalue weighted by Crippen LogP contribution is -2.46. The number of amides is 5. The molecule has 162 valence electrons. The van der Waals surface area contributed by atoms with Gasteiger partial charge in [0.05, 0.1) is 29.5 Å². The molecule has 0 saturated heterocycles. The van der Waals surface area contributed by atoms with Crippen LogP contribution in [0.2, 0.25) is 0 Å². The van der Waals surface area contributed by atoms with Crippen LogP contribution in [0.3, 0.4) is 0 Å². The number of nitrogens with zero attached hydrogens (tertiary/aromatic N) is 1. The molecule has 1 atom stereocenters. The lowest BCUT2D eigenvalue weighted by atomic mass is 10.1. The number of esters is 1. The third kappa shape index (κ3) is 4.80. The predicted molar refractivity (Wildman–Crippen MR) is 106 cm³/mol. The molecular formula is C21H21N3O7. The Labute approximate surface area is 177 Å². The van der Waals surface area contributed by atoms with E-state index < -0.39 is 35.8 Å². The van der Waals surface area contributed by atoms with Crippen LogP contribution in [0.25, 0.3) is 0 Å². The second-order valence-corrected chi connectivity index (χ2v) is 7.20. The first-order valence-corrected chi connectivity index (χ1v) is 9.52. The van der Waals surface area contributed by atoms with Crippen molar-refractivity contribution < 1.29 is 33.1 Å². The van der Waals surface area contributed by atoms with E-state index in [2.05, 4.69) is 10.6 Å². The van der Waals surface area contributed by atoms with E-state index in [0.29, 0.717) is 5.76 Å². The van der Waals surface area contributed by atoms with Crippen molar-refractivity contribution in [2.75, 3.05) is 0 Å². The van der Waals surface area contributed by atoms with Gasteiger partial charge in [-0.25, -0.2) is 9.59 Å². The van der Waals surface area contributed by atoms with Crippen molar-refractivity contribution in [3.8, 4) is 0 Å². The minimum Gasteiger partial charge on any atom is -0.467 e. The van der Waals surface area contributed by atoms with Gasteiger partial charge < -0.3 is 14.5 Å². The second kappa shape index (κ2) is 8.82. The molecule has 31 heavy (non-hydrogen) atoms. The molecule has 0 bridgehead atoms. The standard InChI is InChI=1S/C21H21N3O7/c1-11(2)22-21(29)23-17(25)12(3)31-20(28)13-6-7-15-16(9-13)19(27)24(18(15)26)10-14-5-4-8-30-14/h4-9,11-12H,10H2,1-3H3,(H2,22,23,25,29). The molecule has 0 spiro atoms. The summed E-state index contributed by atoms with van der Waals surface area (Å²) in [7, 11) is 0. The van der Waals surface area contributed by atoms with E-state index in [0.717, 1.165) is 4.90 Å². The van der Waals surface area contributed by atoms with Crippen LogP contribution in [0.4, 0.5) is 4.79 Å². The van der Waals surface area contributed by atoms with Crippen molar-refractivity contribution in [2.24, 2.45) is 0 Å². The highest BCUT2D eigenvalue weighted by Gasteiger charge is 2.36. The molecule has 2 heterocycles. The highest BCUT2D eigenvalue weighted by Crippen LogP contribution is 2.26. The molecule has 2 aromatic rings. The van der Waals surface area contributed by atoms with E-state index in [1.54, 1.807) is 26.0 Å². The van der Waals surface area contributed by atoms with Gasteiger partial charge in [-0.2, -0.15) is 0 Å². The highest BCUT2D eigenvalue weighted by atomic mass is 16.5. The fourth-order valence-electron chi connectivity index (χ4n) is 2.91. The number of hydrogen-bond acceptors (Lipinski definition) is 7. The van der Waals surface area contributed by atoms with E-state index in [9.17, 15) is 24.0 Å². The van der Waals surface area contributed by atoms with Gasteiger partial charge in [0.15, 0.2) is 6.10 Å². The number of rotatable bonds is 6. The van der Waals surface area contributed by atoms with Crippen molar-refractivity contribution in [1.29, 1.82) is 0 Å². The molecule has 1 aromatic carbocycles. The minimum atomic E-state index is -1.26. The molecule has 10 nitrogen and oxygen atoms in total. The zero-order chi connectivity index (χ0) is 22.7. The van der Waals surface area contributed by atoms with Crippen molar-refractivity contribution in [2.45, 2.75) is 39.5 Å². The molecule has 1 aliphatic heterocycles. The molecule has 0 radical (unpaired) electrons. The lowest BCUT2D eigenvalue weighted by molar-refractivity contribution is -0.127. The number of hydrogen-bond donors (Lipinski definition) is 2. The summed E-state index contributed by atoms with van der Waals surface area (Å²) in [6.45, 7) is 4.73. The van der Waals surface area contributed by atoms with Crippen LogP contribution in [0.5, 0.6) is 0 Å². The summed E-state index contributed by atoms with van der Waals surface area (Å²) >= 11 is 0. The average Bonchev–Trinajstić information content (AvgIpc) is 3.30. The fraction of sp³-hybridized carbons (Fsp3) is 0.286. The monoisotopic (exact) mass is 427 g/mol. The van der Waals surface area contributed by atoms with Crippen LogP contribution in [0.15, 0.2) is 41.0 Å². The summed E-state index contributed by atoms with van der Waals surface area (Å²) in [5.74, 6) is -2.30. The number of carbonyl (C=O) groups excluding carboxylic acids is 5. The van der Waals surface area contributed by atoms with Crippen LogP contribution < -0.4 is 10.6 Å². The highest BCUT2D eigenvalue weighted by molar-refractivity contribution is 6.21. The number of furan rings is 1. The molecule has 0 saturated carbocycles. The van der Waals surface area contributed by atoms with Crippen LogP contribution in [-0.2, 0) is 16.1 Å². The van der Waals surface area contributed by atoms with Crippen LogP contribution >= 0.6 is 0 Å². The molecule has 10 heteroatoms. The van der Waals surface area contributed by atoms with Crippen molar-refractivity contribution in [3.63, 3.8) is 0 Å². The number of benzene rings is 1. The number of urea groups is 1. The summed E-state index contributed by atoms with van der Waals surface area (Å²) in [4.78, 5) is 62.2. The van der Waals surface area contributed by atoms with Crippen LogP contribution in [0, 0.1) is 0 Å². The summed E-state index contributed by atoms with van der Waals surface area (Å²) < 4.78 is 10.3. The smallest absolute Gasteiger partial charge is 0.338 e. The number of imide groups is 2. The molecule has 0 aliphatic carbocycles. The molecule has 5 amide bonds. The van der Waals surface area contributed by atoms with Crippen molar-refractivity contribution in [3.05, 3.63) is 59.0 Å². The quantitative estimate of drug-likeness (QED) is 0.531. The van der Waals surface area contributed by atoms with E-state index in [4.69, 9.17) is 9.15 Å². The largest absolute Gasteiger partial charge is 0.467 e. The van der Waals surface area contributed by atoms with Crippen molar-refractivity contribution >= 4 is 29.7 Å². The van der Waals surface area contributed by atoms with Crippen LogP contribution in [-0.4, -0.2) is 46.8 Å². The Morgan fingerprint density at radius 1 is 1.06 bits per heavy atom. The fourth-order valence-corrected chi connectivity index (χ4v) is 2.91. The zero-order valence-corrected chi connectivity index (χ0v) is 17.1. The molecule has 0 fully saturated rings. The molecule has 1 unspecified atom stereocenters. The van der Waals surface area contributed by atoms with Crippen LogP contribution in [0.1, 0.15) is 57.6 Å². The summed E-state index contributed by atoms with van der Waals surface area (Å²) in [5, 5.41) is 4.55. The van der Waals surface area contributed by atoms with Gasteiger partial charge >= 0.3 is 12.0 Å². The van der Waals surface area contributed by atoms with Crippen molar-refractivity contribution in [1.82, 2.24) is 15.5 Å². The first-order valence-electron chi connectivity index (χ1n) is 9.52. The summed E-state index contributed by atoms with van der Waals surface area (Å²) in [5.41, 5.74) is 0.203. The molecular weight excluding hydrogens is 406 g/mol. The third-order valence-electron chi connectivity index (χ3n) is 4.41. The average molecular weight is 427 g/mol.